The lowest BCUT2D eigenvalue weighted by Crippen LogP contribution is -2.32. The maximum Gasteiger partial charge on any atom is 0.242 e. The average molecular weight is 266 g/mol. The first-order valence-corrected chi connectivity index (χ1v) is 7.03. The Hall–Kier alpha value is -1.51. The number of nitrogens with two attached hydrogens (primary N) is 1. The van der Waals surface area contributed by atoms with Crippen LogP contribution in [-0.2, 0) is 10.0 Å². The molecule has 0 aliphatic heterocycles. The SMILES string of the molecule is C#CC(C)NS(=O)(=O)c1c(C)c(C)cc(N)c1C. The minimum Gasteiger partial charge on any atom is -0.398 e. The van der Waals surface area contributed by atoms with Gasteiger partial charge in [-0.1, -0.05) is 5.92 Å². The Kier molecular flexibility index (Phi) is 4.05. The van der Waals surface area contributed by atoms with Crippen LogP contribution in [0.15, 0.2) is 11.0 Å². The number of terminal acetylenes is 1. The molecule has 0 bridgehead atoms. The summed E-state index contributed by atoms with van der Waals surface area (Å²) in [4.78, 5) is 0.224. The zero-order valence-electron chi connectivity index (χ0n) is 11.0. The molecule has 0 saturated carbocycles. The molecule has 1 aromatic rings. The number of anilines is 1. The van der Waals surface area contributed by atoms with Crippen molar-refractivity contribution in [3.8, 4) is 12.3 Å². The molecular formula is C13H18N2O2S. The van der Waals surface area contributed by atoms with Gasteiger partial charge in [0.1, 0.15) is 0 Å². The van der Waals surface area contributed by atoms with Crippen LogP contribution >= 0.6 is 0 Å². The molecule has 0 heterocycles. The van der Waals surface area contributed by atoms with Crippen molar-refractivity contribution in [1.82, 2.24) is 4.72 Å². The third-order valence-corrected chi connectivity index (χ3v) is 4.74. The summed E-state index contributed by atoms with van der Waals surface area (Å²) in [6, 6.07) is 1.21. The Labute approximate surface area is 109 Å². The van der Waals surface area contributed by atoms with E-state index in [-0.39, 0.29) is 4.90 Å². The Morgan fingerprint density at radius 3 is 2.39 bits per heavy atom. The van der Waals surface area contributed by atoms with E-state index >= 15 is 0 Å². The van der Waals surface area contributed by atoms with Gasteiger partial charge in [0.15, 0.2) is 0 Å². The molecule has 98 valence electrons. The van der Waals surface area contributed by atoms with Crippen molar-refractivity contribution < 1.29 is 8.42 Å². The number of nitrogens with one attached hydrogen (secondary N) is 1. The summed E-state index contributed by atoms with van der Waals surface area (Å²) in [6.45, 7) is 6.89. The standard InChI is InChI=1S/C13H18N2O2S/c1-6-9(3)15-18(16,17)13-10(4)8(2)7-12(14)11(13)5/h1,7,9,15H,14H2,2-5H3. The largest absolute Gasteiger partial charge is 0.398 e. The molecule has 0 spiro atoms. The first-order chi connectivity index (χ1) is 8.20. The topological polar surface area (TPSA) is 72.2 Å². The van der Waals surface area contributed by atoms with Gasteiger partial charge in [-0.15, -0.1) is 6.42 Å². The van der Waals surface area contributed by atoms with E-state index in [4.69, 9.17) is 12.2 Å². The van der Waals surface area contributed by atoms with Gasteiger partial charge in [-0.25, -0.2) is 8.42 Å². The summed E-state index contributed by atoms with van der Waals surface area (Å²) in [6.07, 6.45) is 5.19. The van der Waals surface area contributed by atoms with Crippen LogP contribution in [0, 0.1) is 33.1 Å². The second-order valence-corrected chi connectivity index (χ2v) is 6.02. The third-order valence-electron chi connectivity index (χ3n) is 2.93. The van der Waals surface area contributed by atoms with Crippen molar-refractivity contribution in [2.24, 2.45) is 0 Å². The average Bonchev–Trinajstić information content (AvgIpc) is 2.25. The van der Waals surface area contributed by atoms with Crippen molar-refractivity contribution in [2.45, 2.75) is 38.6 Å². The predicted octanol–water partition coefficient (Wildman–Crippen LogP) is 1.49. The smallest absolute Gasteiger partial charge is 0.242 e. The molecule has 0 aromatic heterocycles. The predicted molar refractivity (Wildman–Crippen MR) is 73.7 cm³/mol. The van der Waals surface area contributed by atoms with E-state index in [1.807, 2.05) is 6.92 Å². The normalized spacial score (nSPS) is 13.1. The van der Waals surface area contributed by atoms with Crippen molar-refractivity contribution in [3.63, 3.8) is 0 Å². The molecular weight excluding hydrogens is 248 g/mol. The van der Waals surface area contributed by atoms with Crippen LogP contribution in [0.25, 0.3) is 0 Å². The lowest BCUT2D eigenvalue weighted by Gasteiger charge is -2.17. The van der Waals surface area contributed by atoms with E-state index in [1.54, 1.807) is 26.8 Å². The van der Waals surface area contributed by atoms with Gasteiger partial charge in [0.25, 0.3) is 0 Å². The summed E-state index contributed by atoms with van der Waals surface area (Å²) in [5.74, 6) is 2.34. The van der Waals surface area contributed by atoms with Gasteiger partial charge in [-0.05, 0) is 50.5 Å². The fourth-order valence-corrected chi connectivity index (χ4v) is 3.51. The molecule has 18 heavy (non-hydrogen) atoms. The maximum atomic E-state index is 12.3. The number of aryl methyl sites for hydroxylation is 1. The van der Waals surface area contributed by atoms with E-state index in [2.05, 4.69) is 10.6 Å². The molecule has 0 fully saturated rings. The monoisotopic (exact) mass is 266 g/mol. The first kappa shape index (κ1) is 14.6. The minimum atomic E-state index is -3.65. The molecule has 1 atom stereocenters. The van der Waals surface area contributed by atoms with Crippen molar-refractivity contribution in [3.05, 3.63) is 22.8 Å². The second-order valence-electron chi connectivity index (χ2n) is 4.37. The molecule has 0 saturated heterocycles. The highest BCUT2D eigenvalue weighted by Gasteiger charge is 2.23. The van der Waals surface area contributed by atoms with Crippen molar-refractivity contribution >= 4 is 15.7 Å². The lowest BCUT2D eigenvalue weighted by molar-refractivity contribution is 0.576. The fraction of sp³-hybridized carbons (Fsp3) is 0.385. The highest BCUT2D eigenvalue weighted by molar-refractivity contribution is 7.89. The molecule has 5 heteroatoms. The van der Waals surface area contributed by atoms with E-state index in [9.17, 15) is 8.42 Å². The number of sulfonamides is 1. The van der Waals surface area contributed by atoms with Gasteiger partial charge in [-0.3, -0.25) is 0 Å². The Morgan fingerprint density at radius 2 is 1.89 bits per heavy atom. The zero-order chi connectivity index (χ0) is 14.1. The van der Waals surface area contributed by atoms with Crippen molar-refractivity contribution in [1.29, 1.82) is 0 Å². The van der Waals surface area contributed by atoms with Gasteiger partial charge in [-0.2, -0.15) is 4.72 Å². The van der Waals surface area contributed by atoms with Crippen LogP contribution < -0.4 is 10.5 Å². The molecule has 0 aliphatic carbocycles. The van der Waals surface area contributed by atoms with Gasteiger partial charge >= 0.3 is 0 Å². The maximum absolute atomic E-state index is 12.3. The van der Waals surface area contributed by atoms with E-state index < -0.39 is 16.1 Å². The van der Waals surface area contributed by atoms with E-state index in [1.165, 1.54) is 0 Å². The summed E-state index contributed by atoms with van der Waals surface area (Å²) >= 11 is 0. The molecule has 0 amide bonds. The van der Waals surface area contributed by atoms with Crippen LogP contribution in [0.2, 0.25) is 0 Å². The first-order valence-electron chi connectivity index (χ1n) is 5.55. The highest BCUT2D eigenvalue weighted by Crippen LogP contribution is 2.27. The summed E-state index contributed by atoms with van der Waals surface area (Å²) in [7, 11) is -3.65. The quantitative estimate of drug-likeness (QED) is 0.643. The molecule has 0 radical (unpaired) electrons. The van der Waals surface area contributed by atoms with E-state index in [0.29, 0.717) is 16.8 Å². The van der Waals surface area contributed by atoms with Gasteiger partial charge in [0, 0.05) is 5.69 Å². The Bertz CT molecular complexity index is 587. The molecule has 1 unspecified atom stereocenters. The Balaban J connectivity index is 3.47. The number of rotatable bonds is 3. The summed E-state index contributed by atoms with van der Waals surface area (Å²) in [5, 5.41) is 0. The number of hydrogen-bond acceptors (Lipinski definition) is 3. The fourth-order valence-electron chi connectivity index (χ4n) is 1.77. The van der Waals surface area contributed by atoms with Crippen LogP contribution in [0.5, 0.6) is 0 Å². The van der Waals surface area contributed by atoms with Gasteiger partial charge in [0.05, 0.1) is 10.9 Å². The van der Waals surface area contributed by atoms with Gasteiger partial charge < -0.3 is 5.73 Å². The number of hydrogen-bond donors (Lipinski definition) is 2. The summed E-state index contributed by atoms with van der Waals surface area (Å²) in [5.41, 5.74) is 8.37. The molecule has 1 rings (SSSR count). The van der Waals surface area contributed by atoms with Gasteiger partial charge in [0.2, 0.25) is 10.0 Å². The van der Waals surface area contributed by atoms with Crippen molar-refractivity contribution in [2.75, 3.05) is 5.73 Å². The molecule has 3 N–H and O–H groups in total. The summed E-state index contributed by atoms with van der Waals surface area (Å²) < 4.78 is 27.0. The van der Waals surface area contributed by atoms with Crippen LogP contribution in [0.1, 0.15) is 23.6 Å². The van der Waals surface area contributed by atoms with Crippen LogP contribution in [-0.4, -0.2) is 14.5 Å². The molecule has 1 aromatic carbocycles. The minimum absolute atomic E-state index is 0.224. The lowest BCUT2D eigenvalue weighted by atomic mass is 10.1. The number of nitrogen functional groups attached to an aromatic ring is 1. The van der Waals surface area contributed by atoms with Crippen LogP contribution in [0.3, 0.4) is 0 Å². The number of benzene rings is 1. The highest BCUT2D eigenvalue weighted by atomic mass is 32.2. The molecule has 4 nitrogen and oxygen atoms in total. The third kappa shape index (κ3) is 2.66. The second kappa shape index (κ2) is 5.01. The molecule has 0 aliphatic rings. The Morgan fingerprint density at radius 1 is 1.33 bits per heavy atom. The van der Waals surface area contributed by atoms with Crippen LogP contribution in [0.4, 0.5) is 5.69 Å². The zero-order valence-corrected chi connectivity index (χ0v) is 11.9. The van der Waals surface area contributed by atoms with E-state index in [0.717, 1.165) is 5.56 Å².